The summed E-state index contributed by atoms with van der Waals surface area (Å²) in [6.07, 6.45) is 3.15. The zero-order chi connectivity index (χ0) is 26.6. The van der Waals surface area contributed by atoms with Crippen molar-refractivity contribution >= 4 is 22.9 Å². The molecule has 0 bridgehead atoms. The minimum atomic E-state index is -5.08. The summed E-state index contributed by atoms with van der Waals surface area (Å²) in [4.78, 5) is 41.2. The van der Waals surface area contributed by atoms with Crippen LogP contribution in [0.25, 0.3) is 22.3 Å². The second-order valence-corrected chi connectivity index (χ2v) is 8.44. The van der Waals surface area contributed by atoms with Gasteiger partial charge < -0.3 is 14.6 Å². The first-order valence-corrected chi connectivity index (χ1v) is 11.4. The number of amides is 1. The second kappa shape index (κ2) is 10.7. The molecule has 9 nitrogen and oxygen atoms in total. The number of carboxylic acids is 1. The molecule has 0 spiro atoms. The molecule has 192 valence electrons. The highest BCUT2D eigenvalue weighted by molar-refractivity contribution is 5.92. The lowest BCUT2D eigenvalue weighted by Gasteiger charge is -2.31. The van der Waals surface area contributed by atoms with Gasteiger partial charge >= 0.3 is 12.1 Å². The Morgan fingerprint density at radius 1 is 1.05 bits per heavy atom. The number of aliphatic carboxylic acids is 1. The number of hydrogen-bond acceptors (Lipinski definition) is 6. The number of halogens is 3. The average molecular weight is 512 g/mol. The van der Waals surface area contributed by atoms with Gasteiger partial charge in [0.25, 0.3) is 5.91 Å². The first kappa shape index (κ1) is 25.7. The van der Waals surface area contributed by atoms with E-state index >= 15 is 0 Å². The van der Waals surface area contributed by atoms with Gasteiger partial charge in [-0.1, -0.05) is 30.3 Å². The number of nitrogens with zero attached hydrogens (tertiary/aromatic N) is 6. The maximum atomic E-state index is 12.7. The number of alkyl halides is 3. The smallest absolute Gasteiger partial charge is 0.475 e. The summed E-state index contributed by atoms with van der Waals surface area (Å²) < 4.78 is 33.8. The second-order valence-electron chi connectivity index (χ2n) is 8.44. The van der Waals surface area contributed by atoms with E-state index in [-0.39, 0.29) is 5.91 Å². The highest BCUT2D eigenvalue weighted by Gasteiger charge is 2.38. The molecule has 4 heterocycles. The average Bonchev–Trinajstić information content (AvgIpc) is 3.29. The monoisotopic (exact) mass is 512 g/mol. The summed E-state index contributed by atoms with van der Waals surface area (Å²) in [5.74, 6) is -2.51. The topological polar surface area (TPSA) is 114 Å². The van der Waals surface area contributed by atoms with Gasteiger partial charge in [-0.2, -0.15) is 13.2 Å². The molecule has 0 saturated carbocycles. The van der Waals surface area contributed by atoms with Crippen LogP contribution in [0.3, 0.4) is 0 Å². The van der Waals surface area contributed by atoms with Gasteiger partial charge in [-0.25, -0.2) is 14.8 Å². The molecular weight excluding hydrogens is 489 g/mol. The SMILES string of the molecule is Cn1cnc2c(-c3ccccc3)nc(C3CCN(C(=O)c4cnccn4)CC3)cc21.O=C(O)C(F)(F)F. The van der Waals surface area contributed by atoms with E-state index < -0.39 is 12.1 Å². The normalized spacial score (nSPS) is 14.2. The molecule has 1 aliphatic rings. The summed E-state index contributed by atoms with van der Waals surface area (Å²) >= 11 is 0. The van der Waals surface area contributed by atoms with E-state index in [1.54, 1.807) is 12.4 Å². The van der Waals surface area contributed by atoms with E-state index in [0.29, 0.717) is 24.7 Å². The van der Waals surface area contributed by atoms with E-state index in [4.69, 9.17) is 14.9 Å². The number of aryl methyl sites for hydroxylation is 1. The van der Waals surface area contributed by atoms with Crippen molar-refractivity contribution in [3.8, 4) is 11.3 Å². The minimum absolute atomic E-state index is 0.0541. The van der Waals surface area contributed by atoms with Crippen LogP contribution >= 0.6 is 0 Å². The van der Waals surface area contributed by atoms with Crippen LogP contribution in [0.4, 0.5) is 13.2 Å². The highest BCUT2D eigenvalue weighted by atomic mass is 19.4. The predicted octanol–water partition coefficient (Wildman–Crippen LogP) is 4.08. The molecule has 1 saturated heterocycles. The quantitative estimate of drug-likeness (QED) is 0.440. The van der Waals surface area contributed by atoms with Crippen LogP contribution in [0, 0.1) is 0 Å². The number of pyridine rings is 1. The predicted molar refractivity (Wildman–Crippen MR) is 128 cm³/mol. The third-order valence-corrected chi connectivity index (χ3v) is 6.00. The van der Waals surface area contributed by atoms with Gasteiger partial charge in [0.1, 0.15) is 11.2 Å². The molecular formula is C25H23F3N6O3. The van der Waals surface area contributed by atoms with Crippen molar-refractivity contribution in [3.63, 3.8) is 0 Å². The molecule has 0 radical (unpaired) electrons. The third kappa shape index (κ3) is 5.90. The molecule has 37 heavy (non-hydrogen) atoms. The summed E-state index contributed by atoms with van der Waals surface area (Å²) in [6, 6.07) is 12.3. The number of carbonyl (C=O) groups excluding carboxylic acids is 1. The van der Waals surface area contributed by atoms with Gasteiger partial charge in [-0.15, -0.1) is 0 Å². The largest absolute Gasteiger partial charge is 0.490 e. The van der Waals surface area contributed by atoms with Gasteiger partial charge in [0.2, 0.25) is 0 Å². The van der Waals surface area contributed by atoms with Crippen LogP contribution in [0.2, 0.25) is 0 Å². The van der Waals surface area contributed by atoms with Crippen molar-refractivity contribution in [3.05, 3.63) is 72.7 Å². The molecule has 1 fully saturated rings. The molecule has 1 aromatic carbocycles. The Morgan fingerprint density at radius 3 is 2.32 bits per heavy atom. The molecule has 0 atom stereocenters. The van der Waals surface area contributed by atoms with Gasteiger partial charge in [-0.05, 0) is 18.9 Å². The van der Waals surface area contributed by atoms with Crippen LogP contribution in [-0.2, 0) is 11.8 Å². The number of hydrogen-bond donors (Lipinski definition) is 1. The number of piperidine rings is 1. The van der Waals surface area contributed by atoms with Gasteiger partial charge in [0, 0.05) is 49.7 Å². The maximum absolute atomic E-state index is 12.7. The van der Waals surface area contributed by atoms with E-state index in [0.717, 1.165) is 40.8 Å². The maximum Gasteiger partial charge on any atom is 0.490 e. The van der Waals surface area contributed by atoms with Gasteiger partial charge in [0.05, 0.1) is 23.7 Å². The standard InChI is InChI=1S/C23H22N6O.C2HF3O2/c1-28-15-26-22-20(28)13-18(27-21(22)17-5-3-2-4-6-17)16-7-11-29(12-8-16)23(30)19-14-24-9-10-25-19;3-2(4,5)1(6)7/h2-6,9-10,13-16H,7-8,11-12H2,1H3;(H,6,7). The molecule has 3 aromatic heterocycles. The number of carboxylic acid groups (broad SMARTS) is 1. The summed E-state index contributed by atoms with van der Waals surface area (Å²) in [6.45, 7) is 1.37. The number of likely N-dealkylation sites (tertiary alicyclic amines) is 1. The van der Waals surface area contributed by atoms with Crippen molar-refractivity contribution in [1.82, 2.24) is 29.4 Å². The van der Waals surface area contributed by atoms with Crippen LogP contribution in [0.1, 0.15) is 34.9 Å². The molecule has 0 unspecified atom stereocenters. The van der Waals surface area contributed by atoms with Gasteiger partial charge in [-0.3, -0.25) is 14.8 Å². The fourth-order valence-electron chi connectivity index (χ4n) is 4.10. The molecule has 1 amide bonds. The van der Waals surface area contributed by atoms with Crippen LogP contribution in [0.5, 0.6) is 0 Å². The molecule has 12 heteroatoms. The van der Waals surface area contributed by atoms with E-state index in [1.165, 1.54) is 6.20 Å². The first-order chi connectivity index (χ1) is 17.6. The van der Waals surface area contributed by atoms with Crippen LogP contribution < -0.4 is 0 Å². The molecule has 1 N–H and O–H groups in total. The molecule has 4 aromatic rings. The number of aromatic nitrogens is 5. The Labute approximate surface area is 209 Å². The van der Waals surface area contributed by atoms with E-state index in [1.807, 2.05) is 41.0 Å². The summed E-state index contributed by atoms with van der Waals surface area (Å²) in [5, 5.41) is 7.12. The summed E-state index contributed by atoms with van der Waals surface area (Å²) in [5.41, 5.74) is 5.45. The summed E-state index contributed by atoms with van der Waals surface area (Å²) in [7, 11) is 2.01. The lowest BCUT2D eigenvalue weighted by molar-refractivity contribution is -0.192. The lowest BCUT2D eigenvalue weighted by Crippen LogP contribution is -2.38. The Kier molecular flexibility index (Phi) is 7.46. The molecule has 0 aliphatic carbocycles. The number of fused-ring (bicyclic) bond motifs is 1. The Morgan fingerprint density at radius 2 is 1.73 bits per heavy atom. The van der Waals surface area contributed by atoms with Crippen LogP contribution in [-0.4, -0.2) is 65.7 Å². The fraction of sp³-hybridized carbons (Fsp3) is 0.280. The Bertz CT molecular complexity index is 1390. The van der Waals surface area contributed by atoms with Crippen molar-refractivity contribution < 1.29 is 27.9 Å². The lowest BCUT2D eigenvalue weighted by atomic mass is 9.92. The number of benzene rings is 1. The Balaban J connectivity index is 0.000000405. The fourth-order valence-corrected chi connectivity index (χ4v) is 4.10. The number of carbonyl (C=O) groups is 2. The minimum Gasteiger partial charge on any atom is -0.475 e. The van der Waals surface area contributed by atoms with Crippen molar-refractivity contribution in [1.29, 1.82) is 0 Å². The zero-order valence-electron chi connectivity index (χ0n) is 19.8. The van der Waals surface area contributed by atoms with Crippen molar-refractivity contribution in [2.24, 2.45) is 7.05 Å². The number of imidazole rings is 1. The molecule has 1 aliphatic heterocycles. The zero-order valence-corrected chi connectivity index (χ0v) is 19.8. The Hall–Kier alpha value is -4.35. The van der Waals surface area contributed by atoms with E-state index in [9.17, 15) is 18.0 Å². The first-order valence-electron chi connectivity index (χ1n) is 11.4. The number of rotatable bonds is 3. The van der Waals surface area contributed by atoms with Crippen molar-refractivity contribution in [2.45, 2.75) is 24.9 Å². The third-order valence-electron chi connectivity index (χ3n) is 6.00. The van der Waals surface area contributed by atoms with Gasteiger partial charge in [0.15, 0.2) is 0 Å². The van der Waals surface area contributed by atoms with Crippen LogP contribution in [0.15, 0.2) is 61.3 Å². The van der Waals surface area contributed by atoms with Crippen molar-refractivity contribution in [2.75, 3.05) is 13.1 Å². The van der Waals surface area contributed by atoms with E-state index in [2.05, 4.69) is 33.2 Å². The molecule has 5 rings (SSSR count). The highest BCUT2D eigenvalue weighted by Crippen LogP contribution is 2.33.